The van der Waals surface area contributed by atoms with Gasteiger partial charge in [-0.05, 0) is 37.1 Å². The number of hydrogen-bond donors (Lipinski definition) is 0. The zero-order valence-electron chi connectivity index (χ0n) is 14.6. The number of carbonyl (C=O) groups excluding carboxylic acids is 1. The molecule has 0 N–H and O–H groups in total. The SMILES string of the molecule is Cc1ccc(CN(C)C(=O)CN(C)S(=O)(=O)c2ccc(Cl)s2)c(C)c1. The van der Waals surface area contributed by atoms with Crippen molar-refractivity contribution in [2.75, 3.05) is 20.6 Å². The van der Waals surface area contributed by atoms with Crippen LogP contribution >= 0.6 is 22.9 Å². The van der Waals surface area contributed by atoms with Gasteiger partial charge in [0, 0.05) is 20.6 Å². The van der Waals surface area contributed by atoms with Gasteiger partial charge in [-0.3, -0.25) is 4.79 Å². The highest BCUT2D eigenvalue weighted by Crippen LogP contribution is 2.27. The van der Waals surface area contributed by atoms with Crippen LogP contribution in [0.15, 0.2) is 34.5 Å². The molecule has 136 valence electrons. The Bertz CT molecular complexity index is 878. The molecule has 0 spiro atoms. The number of rotatable bonds is 6. The molecule has 1 aromatic heterocycles. The Labute approximate surface area is 157 Å². The van der Waals surface area contributed by atoms with E-state index in [4.69, 9.17) is 11.6 Å². The fourth-order valence-electron chi connectivity index (χ4n) is 2.35. The van der Waals surface area contributed by atoms with Crippen LogP contribution in [0.3, 0.4) is 0 Å². The zero-order valence-corrected chi connectivity index (χ0v) is 17.0. The third-order valence-corrected chi connectivity index (χ3v) is 7.40. The lowest BCUT2D eigenvalue weighted by molar-refractivity contribution is -0.130. The molecule has 1 heterocycles. The fraction of sp³-hybridized carbons (Fsp3) is 0.353. The van der Waals surface area contributed by atoms with Gasteiger partial charge >= 0.3 is 0 Å². The number of hydrogen-bond acceptors (Lipinski definition) is 4. The molecule has 8 heteroatoms. The van der Waals surface area contributed by atoms with Gasteiger partial charge in [-0.2, -0.15) is 4.31 Å². The number of halogens is 1. The number of sulfonamides is 1. The summed E-state index contributed by atoms with van der Waals surface area (Å²) in [5.74, 6) is -0.270. The van der Waals surface area contributed by atoms with E-state index >= 15 is 0 Å². The molecular weight excluding hydrogens is 380 g/mol. The average Bonchev–Trinajstić information content (AvgIpc) is 2.97. The van der Waals surface area contributed by atoms with E-state index in [0.717, 1.165) is 32.3 Å². The van der Waals surface area contributed by atoms with Gasteiger partial charge in [0.15, 0.2) is 0 Å². The van der Waals surface area contributed by atoms with Gasteiger partial charge < -0.3 is 4.90 Å². The van der Waals surface area contributed by atoms with Crippen molar-refractivity contribution in [3.8, 4) is 0 Å². The summed E-state index contributed by atoms with van der Waals surface area (Å²) in [6.45, 7) is 4.23. The highest BCUT2D eigenvalue weighted by Gasteiger charge is 2.25. The van der Waals surface area contributed by atoms with Gasteiger partial charge in [0.1, 0.15) is 4.21 Å². The number of nitrogens with zero attached hydrogens (tertiary/aromatic N) is 2. The highest BCUT2D eigenvalue weighted by atomic mass is 35.5. The Morgan fingerprint density at radius 1 is 1.16 bits per heavy atom. The molecule has 5 nitrogen and oxygen atoms in total. The summed E-state index contributed by atoms with van der Waals surface area (Å²) in [6.07, 6.45) is 0. The van der Waals surface area contributed by atoms with Crippen LogP contribution in [0.2, 0.25) is 4.34 Å². The van der Waals surface area contributed by atoms with Crippen LogP contribution in [0.1, 0.15) is 16.7 Å². The van der Waals surface area contributed by atoms with E-state index in [0.29, 0.717) is 10.9 Å². The first-order valence-electron chi connectivity index (χ1n) is 7.63. The largest absolute Gasteiger partial charge is 0.340 e. The van der Waals surface area contributed by atoms with E-state index in [9.17, 15) is 13.2 Å². The smallest absolute Gasteiger partial charge is 0.252 e. The molecule has 1 aromatic carbocycles. The number of aryl methyl sites for hydroxylation is 2. The molecule has 0 atom stereocenters. The Kier molecular flexibility index (Phi) is 6.26. The van der Waals surface area contributed by atoms with Crippen LogP contribution in [-0.2, 0) is 21.4 Å². The van der Waals surface area contributed by atoms with Crippen molar-refractivity contribution in [3.05, 3.63) is 51.4 Å². The molecule has 2 aromatic rings. The maximum Gasteiger partial charge on any atom is 0.252 e. The van der Waals surface area contributed by atoms with E-state index in [-0.39, 0.29) is 16.7 Å². The lowest BCUT2D eigenvalue weighted by atomic mass is 10.1. The fourth-order valence-corrected chi connectivity index (χ4v) is 5.17. The minimum atomic E-state index is -3.71. The van der Waals surface area contributed by atoms with Crippen LogP contribution in [0.25, 0.3) is 0 Å². The molecule has 0 bridgehead atoms. The number of thiophene rings is 1. The Balaban J connectivity index is 2.05. The van der Waals surface area contributed by atoms with Gasteiger partial charge in [-0.1, -0.05) is 35.4 Å². The van der Waals surface area contributed by atoms with Crippen molar-refractivity contribution in [2.24, 2.45) is 0 Å². The van der Waals surface area contributed by atoms with Crippen molar-refractivity contribution < 1.29 is 13.2 Å². The van der Waals surface area contributed by atoms with Crippen LogP contribution in [-0.4, -0.2) is 44.2 Å². The predicted octanol–water partition coefficient (Wildman–Crippen LogP) is 3.30. The number of amides is 1. The molecular formula is C17H21ClN2O3S2. The molecule has 0 saturated carbocycles. The predicted molar refractivity (Wildman–Crippen MR) is 102 cm³/mol. The van der Waals surface area contributed by atoms with E-state index in [1.165, 1.54) is 24.1 Å². The lowest BCUT2D eigenvalue weighted by Crippen LogP contribution is -2.39. The first kappa shape index (κ1) is 19.9. The van der Waals surface area contributed by atoms with Gasteiger partial charge in [-0.25, -0.2) is 8.42 Å². The highest BCUT2D eigenvalue weighted by molar-refractivity contribution is 7.91. The van der Waals surface area contributed by atoms with Crippen molar-refractivity contribution >= 4 is 38.9 Å². The second-order valence-corrected chi connectivity index (χ2v) is 9.99. The van der Waals surface area contributed by atoms with Crippen LogP contribution in [0.5, 0.6) is 0 Å². The van der Waals surface area contributed by atoms with Gasteiger partial charge in [0.25, 0.3) is 10.0 Å². The van der Waals surface area contributed by atoms with E-state index in [1.54, 1.807) is 7.05 Å². The monoisotopic (exact) mass is 400 g/mol. The summed E-state index contributed by atoms with van der Waals surface area (Å²) in [6, 6.07) is 9.02. The molecule has 0 unspecified atom stereocenters. The first-order valence-corrected chi connectivity index (χ1v) is 10.3. The number of carbonyl (C=O) groups is 1. The summed E-state index contributed by atoms with van der Waals surface area (Å²) < 4.78 is 26.5. The maximum atomic E-state index is 12.5. The summed E-state index contributed by atoms with van der Waals surface area (Å²) in [7, 11) is -0.648. The summed E-state index contributed by atoms with van der Waals surface area (Å²) in [5, 5.41) is 0. The maximum absolute atomic E-state index is 12.5. The van der Waals surface area contributed by atoms with Crippen molar-refractivity contribution in [1.29, 1.82) is 0 Å². The second kappa shape index (κ2) is 7.86. The molecule has 0 saturated heterocycles. The second-order valence-electron chi connectivity index (χ2n) is 6.00. The van der Waals surface area contributed by atoms with E-state index in [2.05, 4.69) is 6.07 Å². The minimum Gasteiger partial charge on any atom is -0.340 e. The van der Waals surface area contributed by atoms with Gasteiger partial charge in [0.2, 0.25) is 5.91 Å². The summed E-state index contributed by atoms with van der Waals surface area (Å²) >= 11 is 6.78. The van der Waals surface area contributed by atoms with Gasteiger partial charge in [0.05, 0.1) is 10.9 Å². The van der Waals surface area contributed by atoms with Gasteiger partial charge in [-0.15, -0.1) is 11.3 Å². The van der Waals surface area contributed by atoms with Crippen molar-refractivity contribution in [3.63, 3.8) is 0 Å². The number of likely N-dealkylation sites (N-methyl/N-ethyl adjacent to an activating group) is 2. The normalized spacial score (nSPS) is 11.8. The average molecular weight is 401 g/mol. The van der Waals surface area contributed by atoms with Crippen LogP contribution in [0.4, 0.5) is 0 Å². The van der Waals surface area contributed by atoms with Crippen LogP contribution < -0.4 is 0 Å². The standard InChI is InChI=1S/C17H21ClN2O3S2/c1-12-5-6-14(13(2)9-12)10-19(3)16(21)11-20(4)25(22,23)17-8-7-15(18)24-17/h5-9H,10-11H2,1-4H3. The zero-order chi connectivity index (χ0) is 18.8. The molecule has 0 aliphatic heterocycles. The van der Waals surface area contributed by atoms with Crippen molar-refractivity contribution in [1.82, 2.24) is 9.21 Å². The molecule has 0 fully saturated rings. The molecule has 2 rings (SSSR count). The molecule has 0 aliphatic rings. The Hall–Kier alpha value is -1.41. The molecule has 0 aliphatic carbocycles. The Morgan fingerprint density at radius 2 is 1.84 bits per heavy atom. The third kappa shape index (κ3) is 4.82. The molecule has 0 radical (unpaired) electrons. The van der Waals surface area contributed by atoms with E-state index < -0.39 is 10.0 Å². The molecule has 1 amide bonds. The summed E-state index contributed by atoms with van der Waals surface area (Å²) in [4.78, 5) is 13.9. The number of benzene rings is 1. The quantitative estimate of drug-likeness (QED) is 0.747. The van der Waals surface area contributed by atoms with E-state index in [1.807, 2.05) is 26.0 Å². The lowest BCUT2D eigenvalue weighted by Gasteiger charge is -2.22. The molecule has 25 heavy (non-hydrogen) atoms. The first-order chi connectivity index (χ1) is 11.6. The third-order valence-electron chi connectivity index (χ3n) is 3.90. The van der Waals surface area contributed by atoms with Crippen molar-refractivity contribution in [2.45, 2.75) is 24.6 Å². The minimum absolute atomic E-state index is 0.129. The Morgan fingerprint density at radius 3 is 2.40 bits per heavy atom. The topological polar surface area (TPSA) is 57.7 Å². The van der Waals surface area contributed by atoms with Crippen LogP contribution in [0, 0.1) is 13.8 Å². The summed E-state index contributed by atoms with van der Waals surface area (Å²) in [5.41, 5.74) is 3.31.